The molecule has 0 bridgehead atoms. The Kier molecular flexibility index (Phi) is 6.43. The first kappa shape index (κ1) is 20.0. The van der Waals surface area contributed by atoms with E-state index < -0.39 is 5.91 Å². The van der Waals surface area contributed by atoms with Crippen molar-refractivity contribution >= 4 is 39.9 Å². The SMILES string of the molecule is Cc1cc(I)ccc1NC(=O)/C(C#N)=C\Nc1ccc(C(C)(C)C)cc1. The molecule has 0 aliphatic rings. The third-order valence-corrected chi connectivity index (χ3v) is 4.61. The summed E-state index contributed by atoms with van der Waals surface area (Å²) in [5.74, 6) is -0.435. The Labute approximate surface area is 168 Å². The lowest BCUT2D eigenvalue weighted by atomic mass is 9.87. The van der Waals surface area contributed by atoms with Gasteiger partial charge in [0.05, 0.1) is 0 Å². The predicted molar refractivity (Wildman–Crippen MR) is 115 cm³/mol. The number of anilines is 2. The van der Waals surface area contributed by atoms with E-state index in [1.807, 2.05) is 55.5 Å². The maximum atomic E-state index is 12.3. The monoisotopic (exact) mass is 459 g/mol. The molecule has 4 nitrogen and oxygen atoms in total. The van der Waals surface area contributed by atoms with Crippen molar-refractivity contribution in [3.8, 4) is 6.07 Å². The van der Waals surface area contributed by atoms with Crippen molar-refractivity contribution in [2.45, 2.75) is 33.1 Å². The minimum absolute atomic E-state index is 0.0165. The highest BCUT2D eigenvalue weighted by atomic mass is 127. The van der Waals surface area contributed by atoms with Crippen LogP contribution in [0.1, 0.15) is 31.9 Å². The fourth-order valence-electron chi connectivity index (χ4n) is 2.33. The van der Waals surface area contributed by atoms with E-state index in [1.165, 1.54) is 11.8 Å². The lowest BCUT2D eigenvalue weighted by Crippen LogP contribution is -2.15. The zero-order chi connectivity index (χ0) is 19.3. The molecule has 2 N–H and O–H groups in total. The van der Waals surface area contributed by atoms with Crippen LogP contribution in [0.4, 0.5) is 11.4 Å². The number of benzene rings is 2. The average molecular weight is 459 g/mol. The standard InChI is InChI=1S/C21H22IN3O/c1-14-11-17(22)7-10-19(14)25-20(26)15(12-23)13-24-18-8-5-16(6-9-18)21(2,3)4/h5-11,13,24H,1-4H3,(H,25,26)/b15-13-. The van der Waals surface area contributed by atoms with Crippen LogP contribution in [-0.4, -0.2) is 5.91 Å². The summed E-state index contributed by atoms with van der Waals surface area (Å²) in [6.45, 7) is 8.38. The maximum Gasteiger partial charge on any atom is 0.267 e. The van der Waals surface area contributed by atoms with Gasteiger partial charge in [-0.1, -0.05) is 32.9 Å². The maximum absolute atomic E-state index is 12.3. The summed E-state index contributed by atoms with van der Waals surface area (Å²) < 4.78 is 1.09. The Hall–Kier alpha value is -2.33. The van der Waals surface area contributed by atoms with Crippen LogP contribution in [0.3, 0.4) is 0 Å². The third-order valence-electron chi connectivity index (χ3n) is 3.94. The molecule has 0 radical (unpaired) electrons. The topological polar surface area (TPSA) is 64.9 Å². The summed E-state index contributed by atoms with van der Waals surface area (Å²) in [7, 11) is 0. The first-order valence-corrected chi connectivity index (χ1v) is 9.33. The van der Waals surface area contributed by atoms with E-state index in [4.69, 9.17) is 0 Å². The lowest BCUT2D eigenvalue weighted by molar-refractivity contribution is -0.112. The molecule has 2 aromatic rings. The number of nitriles is 1. The van der Waals surface area contributed by atoms with Crippen molar-refractivity contribution in [2.75, 3.05) is 10.6 Å². The van der Waals surface area contributed by atoms with Gasteiger partial charge in [-0.05, 0) is 76.4 Å². The largest absolute Gasteiger partial charge is 0.360 e. The quantitative estimate of drug-likeness (QED) is 0.368. The minimum atomic E-state index is -0.435. The van der Waals surface area contributed by atoms with Crippen molar-refractivity contribution in [1.29, 1.82) is 5.26 Å². The summed E-state index contributed by atoms with van der Waals surface area (Å²) in [5, 5.41) is 15.1. The minimum Gasteiger partial charge on any atom is -0.360 e. The second-order valence-corrected chi connectivity index (χ2v) is 8.30. The normalized spacial score (nSPS) is 11.6. The van der Waals surface area contributed by atoms with E-state index in [-0.39, 0.29) is 11.0 Å². The fraction of sp³-hybridized carbons (Fsp3) is 0.238. The van der Waals surface area contributed by atoms with Gasteiger partial charge in [-0.15, -0.1) is 0 Å². The Morgan fingerprint density at radius 2 is 1.81 bits per heavy atom. The number of halogens is 1. The molecule has 2 rings (SSSR count). The number of carbonyl (C=O) groups is 1. The Morgan fingerprint density at radius 1 is 1.15 bits per heavy atom. The lowest BCUT2D eigenvalue weighted by Gasteiger charge is -2.19. The van der Waals surface area contributed by atoms with Crippen molar-refractivity contribution in [3.63, 3.8) is 0 Å². The van der Waals surface area contributed by atoms with Crippen molar-refractivity contribution in [3.05, 3.63) is 68.9 Å². The molecule has 0 unspecified atom stereocenters. The number of nitrogens with one attached hydrogen (secondary N) is 2. The molecule has 0 aliphatic carbocycles. The van der Waals surface area contributed by atoms with Crippen LogP contribution in [0.15, 0.2) is 54.2 Å². The molecule has 2 aromatic carbocycles. The third kappa shape index (κ3) is 5.33. The van der Waals surface area contributed by atoms with Crippen LogP contribution >= 0.6 is 22.6 Å². The smallest absolute Gasteiger partial charge is 0.267 e. The predicted octanol–water partition coefficient (Wildman–Crippen LogP) is 5.36. The Balaban J connectivity index is 2.09. The van der Waals surface area contributed by atoms with Crippen LogP contribution in [-0.2, 0) is 10.2 Å². The van der Waals surface area contributed by atoms with Crippen LogP contribution in [0.2, 0.25) is 0 Å². The molecule has 134 valence electrons. The molecule has 0 spiro atoms. The summed E-state index contributed by atoms with van der Waals surface area (Å²) in [6.07, 6.45) is 1.43. The second-order valence-electron chi connectivity index (χ2n) is 7.05. The van der Waals surface area contributed by atoms with E-state index in [0.29, 0.717) is 5.69 Å². The number of aryl methyl sites for hydroxylation is 1. The van der Waals surface area contributed by atoms with Gasteiger partial charge in [0.25, 0.3) is 5.91 Å². The number of rotatable bonds is 4. The highest BCUT2D eigenvalue weighted by Crippen LogP contribution is 2.23. The Morgan fingerprint density at radius 3 is 2.35 bits per heavy atom. The molecule has 0 heterocycles. The fourth-order valence-corrected chi connectivity index (χ4v) is 2.97. The molecule has 0 saturated heterocycles. The van der Waals surface area contributed by atoms with Gasteiger partial charge in [0, 0.05) is 21.1 Å². The van der Waals surface area contributed by atoms with Crippen LogP contribution in [0.5, 0.6) is 0 Å². The van der Waals surface area contributed by atoms with E-state index in [1.54, 1.807) is 0 Å². The molecule has 26 heavy (non-hydrogen) atoms. The van der Waals surface area contributed by atoms with Crippen molar-refractivity contribution in [1.82, 2.24) is 0 Å². The van der Waals surface area contributed by atoms with Gasteiger partial charge in [0.15, 0.2) is 0 Å². The summed E-state index contributed by atoms with van der Waals surface area (Å²) in [4.78, 5) is 12.3. The van der Waals surface area contributed by atoms with Gasteiger partial charge in [0.1, 0.15) is 11.6 Å². The molecule has 0 atom stereocenters. The van der Waals surface area contributed by atoms with Gasteiger partial charge in [-0.25, -0.2) is 0 Å². The zero-order valence-electron chi connectivity index (χ0n) is 15.4. The van der Waals surface area contributed by atoms with Gasteiger partial charge in [-0.3, -0.25) is 4.79 Å². The van der Waals surface area contributed by atoms with Crippen molar-refractivity contribution < 1.29 is 4.79 Å². The van der Waals surface area contributed by atoms with E-state index in [0.717, 1.165) is 14.8 Å². The number of amides is 1. The molecule has 0 aromatic heterocycles. The van der Waals surface area contributed by atoms with Crippen LogP contribution in [0.25, 0.3) is 0 Å². The first-order valence-electron chi connectivity index (χ1n) is 8.25. The Bertz CT molecular complexity index is 872. The molecule has 0 fully saturated rings. The van der Waals surface area contributed by atoms with Gasteiger partial charge >= 0.3 is 0 Å². The highest BCUT2D eigenvalue weighted by Gasteiger charge is 2.13. The zero-order valence-corrected chi connectivity index (χ0v) is 17.5. The molecule has 0 saturated carbocycles. The number of nitrogens with zero attached hydrogens (tertiary/aromatic N) is 1. The average Bonchev–Trinajstić information content (AvgIpc) is 2.57. The first-order chi connectivity index (χ1) is 12.2. The van der Waals surface area contributed by atoms with E-state index in [2.05, 4.69) is 54.0 Å². The van der Waals surface area contributed by atoms with Gasteiger partial charge < -0.3 is 10.6 Å². The molecule has 1 amide bonds. The summed E-state index contributed by atoms with van der Waals surface area (Å²) in [6, 6.07) is 15.6. The number of carbonyl (C=O) groups excluding carboxylic acids is 1. The van der Waals surface area contributed by atoms with Crippen LogP contribution < -0.4 is 10.6 Å². The molecular weight excluding hydrogens is 437 g/mol. The van der Waals surface area contributed by atoms with Gasteiger partial charge in [0.2, 0.25) is 0 Å². The second kappa shape index (κ2) is 8.37. The molecule has 0 aliphatic heterocycles. The van der Waals surface area contributed by atoms with Crippen LogP contribution in [0, 0.1) is 21.8 Å². The van der Waals surface area contributed by atoms with E-state index >= 15 is 0 Å². The number of hydrogen-bond donors (Lipinski definition) is 2. The highest BCUT2D eigenvalue weighted by molar-refractivity contribution is 14.1. The van der Waals surface area contributed by atoms with Crippen molar-refractivity contribution in [2.24, 2.45) is 0 Å². The molecule has 5 heteroatoms. The van der Waals surface area contributed by atoms with Gasteiger partial charge in [-0.2, -0.15) is 5.26 Å². The summed E-state index contributed by atoms with van der Waals surface area (Å²) in [5.41, 5.74) is 3.79. The number of hydrogen-bond acceptors (Lipinski definition) is 3. The summed E-state index contributed by atoms with van der Waals surface area (Å²) >= 11 is 2.22. The van der Waals surface area contributed by atoms with E-state index in [9.17, 15) is 10.1 Å². The molecular formula is C21H22IN3O.